The van der Waals surface area contributed by atoms with E-state index in [2.05, 4.69) is 4.98 Å². The molecule has 22 heavy (non-hydrogen) atoms. The summed E-state index contributed by atoms with van der Waals surface area (Å²) in [6, 6.07) is 13.1. The van der Waals surface area contributed by atoms with Crippen LogP contribution in [0.1, 0.15) is 17.5 Å². The van der Waals surface area contributed by atoms with Crippen LogP contribution in [0.15, 0.2) is 42.5 Å². The quantitative estimate of drug-likeness (QED) is 0.804. The summed E-state index contributed by atoms with van der Waals surface area (Å²) in [5, 5.41) is 10.8. The molecule has 2 aromatic carbocycles. The monoisotopic (exact) mass is 298 g/mol. The van der Waals surface area contributed by atoms with Gasteiger partial charge in [-0.1, -0.05) is 12.1 Å². The lowest BCUT2D eigenvalue weighted by atomic mass is 10.1. The highest BCUT2D eigenvalue weighted by molar-refractivity contribution is 5.76. The molecule has 0 amide bonds. The molecule has 3 aromatic rings. The van der Waals surface area contributed by atoms with Gasteiger partial charge in [0.2, 0.25) is 0 Å². The number of methoxy groups -OCH3 is 2. The molecule has 0 saturated carbocycles. The van der Waals surface area contributed by atoms with Gasteiger partial charge in [-0.2, -0.15) is 0 Å². The Morgan fingerprint density at radius 1 is 1.09 bits per heavy atom. The summed E-state index contributed by atoms with van der Waals surface area (Å²) in [5.74, 6) is 1.82. The van der Waals surface area contributed by atoms with E-state index in [9.17, 15) is 5.11 Å². The van der Waals surface area contributed by atoms with Crippen molar-refractivity contribution in [1.82, 2.24) is 9.55 Å². The summed E-state index contributed by atoms with van der Waals surface area (Å²) in [5.41, 5.74) is 2.44. The summed E-state index contributed by atoms with van der Waals surface area (Å²) < 4.78 is 12.5. The van der Waals surface area contributed by atoms with E-state index in [1.54, 1.807) is 32.4 Å². The standard InChI is InChI=1S/C17H18N2O3/c1-19-14-7-5-4-6-13(14)18-17(19)16(20)12-10-11(21-2)8-9-15(12)22-3/h4-10,16,20H,1-3H3/t16-/m0/s1. The molecule has 1 aromatic heterocycles. The molecule has 0 spiro atoms. The fraction of sp³-hybridized carbons (Fsp3) is 0.235. The highest BCUT2D eigenvalue weighted by Gasteiger charge is 2.22. The second kappa shape index (κ2) is 5.69. The first-order valence-corrected chi connectivity index (χ1v) is 6.97. The van der Waals surface area contributed by atoms with Gasteiger partial charge in [0.15, 0.2) is 0 Å². The molecule has 0 aliphatic heterocycles. The average molecular weight is 298 g/mol. The minimum Gasteiger partial charge on any atom is -0.497 e. The summed E-state index contributed by atoms with van der Waals surface area (Å²) in [6.07, 6.45) is -0.901. The van der Waals surface area contributed by atoms with Crippen molar-refractivity contribution in [3.05, 3.63) is 53.9 Å². The molecule has 0 aliphatic carbocycles. The Balaban J connectivity index is 2.13. The second-order valence-electron chi connectivity index (χ2n) is 5.03. The molecule has 5 nitrogen and oxygen atoms in total. The maximum atomic E-state index is 10.8. The molecule has 5 heteroatoms. The van der Waals surface area contributed by atoms with Crippen LogP contribution in [0.3, 0.4) is 0 Å². The topological polar surface area (TPSA) is 56.5 Å². The van der Waals surface area contributed by atoms with E-state index >= 15 is 0 Å². The van der Waals surface area contributed by atoms with Gasteiger partial charge in [-0.05, 0) is 30.3 Å². The highest BCUT2D eigenvalue weighted by Crippen LogP contribution is 2.33. The first-order valence-electron chi connectivity index (χ1n) is 6.97. The summed E-state index contributed by atoms with van der Waals surface area (Å²) in [7, 11) is 5.06. The molecule has 3 rings (SSSR count). The third-order valence-electron chi connectivity index (χ3n) is 3.80. The SMILES string of the molecule is COc1ccc(OC)c([C@H](O)c2nc3ccccc3n2C)c1. The van der Waals surface area contributed by atoms with Gasteiger partial charge in [-0.25, -0.2) is 4.98 Å². The number of imidazole rings is 1. The van der Waals surface area contributed by atoms with Crippen LogP contribution in [0.25, 0.3) is 11.0 Å². The van der Waals surface area contributed by atoms with Crippen LogP contribution >= 0.6 is 0 Å². The molecule has 1 N–H and O–H groups in total. The number of hydrogen-bond acceptors (Lipinski definition) is 4. The fourth-order valence-electron chi connectivity index (χ4n) is 2.60. The highest BCUT2D eigenvalue weighted by atomic mass is 16.5. The van der Waals surface area contributed by atoms with Crippen molar-refractivity contribution >= 4 is 11.0 Å². The van der Waals surface area contributed by atoms with E-state index < -0.39 is 6.10 Å². The van der Waals surface area contributed by atoms with Crippen molar-refractivity contribution in [2.75, 3.05) is 14.2 Å². The number of fused-ring (bicyclic) bond motifs is 1. The maximum Gasteiger partial charge on any atom is 0.143 e. The van der Waals surface area contributed by atoms with E-state index in [1.165, 1.54) is 0 Å². The van der Waals surface area contributed by atoms with Crippen molar-refractivity contribution in [2.24, 2.45) is 7.05 Å². The van der Waals surface area contributed by atoms with Crippen molar-refractivity contribution < 1.29 is 14.6 Å². The Labute approximate surface area is 128 Å². The van der Waals surface area contributed by atoms with E-state index in [0.29, 0.717) is 22.9 Å². The number of para-hydroxylation sites is 2. The normalized spacial score (nSPS) is 12.4. The van der Waals surface area contributed by atoms with Crippen molar-refractivity contribution in [3.63, 3.8) is 0 Å². The molecule has 0 aliphatic rings. The predicted octanol–water partition coefficient (Wildman–Crippen LogP) is 2.67. The first kappa shape index (κ1) is 14.4. The summed E-state index contributed by atoms with van der Waals surface area (Å²) >= 11 is 0. The van der Waals surface area contributed by atoms with Crippen molar-refractivity contribution in [2.45, 2.75) is 6.10 Å². The Hall–Kier alpha value is -2.53. The Kier molecular flexibility index (Phi) is 3.73. The lowest BCUT2D eigenvalue weighted by molar-refractivity contribution is 0.201. The molecule has 114 valence electrons. The van der Waals surface area contributed by atoms with Crippen LogP contribution in [0.2, 0.25) is 0 Å². The predicted molar refractivity (Wildman–Crippen MR) is 84.3 cm³/mol. The van der Waals surface area contributed by atoms with Crippen molar-refractivity contribution in [1.29, 1.82) is 0 Å². The Bertz CT molecular complexity index is 811. The van der Waals surface area contributed by atoms with E-state index in [0.717, 1.165) is 11.0 Å². The molecule has 0 unspecified atom stereocenters. The van der Waals surface area contributed by atoms with Crippen LogP contribution < -0.4 is 9.47 Å². The largest absolute Gasteiger partial charge is 0.497 e. The van der Waals surface area contributed by atoms with E-state index in [1.807, 2.05) is 35.9 Å². The van der Waals surface area contributed by atoms with Gasteiger partial charge in [0, 0.05) is 12.6 Å². The number of aliphatic hydroxyl groups is 1. The Morgan fingerprint density at radius 2 is 1.86 bits per heavy atom. The zero-order valence-corrected chi connectivity index (χ0v) is 12.8. The zero-order chi connectivity index (χ0) is 15.7. The minimum atomic E-state index is -0.901. The van der Waals surface area contributed by atoms with Gasteiger partial charge < -0.3 is 19.1 Å². The van der Waals surface area contributed by atoms with Gasteiger partial charge in [0.1, 0.15) is 23.4 Å². The lowest BCUT2D eigenvalue weighted by Gasteiger charge is -2.16. The summed E-state index contributed by atoms with van der Waals surface area (Å²) in [4.78, 5) is 4.54. The molecule has 1 atom stereocenters. The zero-order valence-electron chi connectivity index (χ0n) is 12.8. The maximum absolute atomic E-state index is 10.8. The van der Waals surface area contributed by atoms with Crippen LogP contribution in [-0.2, 0) is 7.05 Å². The average Bonchev–Trinajstić information content (AvgIpc) is 2.91. The number of aromatic nitrogens is 2. The van der Waals surface area contributed by atoms with Gasteiger partial charge in [-0.3, -0.25) is 0 Å². The number of hydrogen-bond donors (Lipinski definition) is 1. The molecule has 0 saturated heterocycles. The van der Waals surface area contributed by atoms with Gasteiger partial charge >= 0.3 is 0 Å². The second-order valence-corrected chi connectivity index (χ2v) is 5.03. The fourth-order valence-corrected chi connectivity index (χ4v) is 2.60. The number of nitrogens with zero attached hydrogens (tertiary/aromatic N) is 2. The number of rotatable bonds is 4. The van der Waals surface area contributed by atoms with E-state index in [4.69, 9.17) is 9.47 Å². The Morgan fingerprint density at radius 3 is 2.55 bits per heavy atom. The molecule has 0 radical (unpaired) electrons. The van der Waals surface area contributed by atoms with Gasteiger partial charge in [-0.15, -0.1) is 0 Å². The number of aryl methyl sites for hydroxylation is 1. The lowest BCUT2D eigenvalue weighted by Crippen LogP contribution is -2.09. The minimum absolute atomic E-state index is 0.563. The van der Waals surface area contributed by atoms with Crippen LogP contribution in [0, 0.1) is 0 Å². The van der Waals surface area contributed by atoms with Gasteiger partial charge in [0.05, 0.1) is 25.3 Å². The first-order chi connectivity index (χ1) is 10.7. The van der Waals surface area contributed by atoms with Gasteiger partial charge in [0.25, 0.3) is 0 Å². The van der Waals surface area contributed by atoms with Crippen LogP contribution in [-0.4, -0.2) is 28.9 Å². The molecular formula is C17H18N2O3. The third kappa shape index (κ3) is 2.29. The smallest absolute Gasteiger partial charge is 0.143 e. The molecule has 1 heterocycles. The molecular weight excluding hydrogens is 280 g/mol. The number of aliphatic hydroxyl groups excluding tert-OH is 1. The summed E-state index contributed by atoms with van der Waals surface area (Å²) in [6.45, 7) is 0. The number of benzene rings is 2. The molecule has 0 fully saturated rings. The van der Waals surface area contributed by atoms with Crippen LogP contribution in [0.4, 0.5) is 0 Å². The molecule has 0 bridgehead atoms. The van der Waals surface area contributed by atoms with E-state index in [-0.39, 0.29) is 0 Å². The third-order valence-corrected chi connectivity index (χ3v) is 3.80. The number of ether oxygens (including phenoxy) is 2. The van der Waals surface area contributed by atoms with Crippen molar-refractivity contribution in [3.8, 4) is 11.5 Å². The van der Waals surface area contributed by atoms with Crippen LogP contribution in [0.5, 0.6) is 11.5 Å².